The maximum Gasteiger partial charge on any atom is 0.178 e. The van der Waals surface area contributed by atoms with Crippen LogP contribution in [0.4, 0.5) is 0 Å². The van der Waals surface area contributed by atoms with Crippen LogP contribution in [-0.2, 0) is 19.7 Å². The Balaban J connectivity index is 3.03. The quantitative estimate of drug-likeness (QED) is 0.830. The van der Waals surface area contributed by atoms with Gasteiger partial charge in [0.25, 0.3) is 0 Å². The highest BCUT2D eigenvalue weighted by atomic mass is 32.2. The highest BCUT2D eigenvalue weighted by Crippen LogP contribution is 2.15. The van der Waals surface area contributed by atoms with Crippen LogP contribution in [0.3, 0.4) is 0 Å². The monoisotopic (exact) mass is 277 g/mol. The molecule has 0 aliphatic carbocycles. The van der Waals surface area contributed by atoms with Gasteiger partial charge in [0.1, 0.15) is 0 Å². The zero-order valence-corrected chi connectivity index (χ0v) is 11.1. The van der Waals surface area contributed by atoms with Crippen LogP contribution in [0, 0.1) is 0 Å². The van der Waals surface area contributed by atoms with Crippen molar-refractivity contribution in [3.8, 4) is 0 Å². The fraction of sp³-hybridized carbons (Fsp3) is 0.400. The van der Waals surface area contributed by atoms with Gasteiger partial charge in [-0.25, -0.2) is 16.8 Å². The Labute approximate surface area is 101 Å². The van der Waals surface area contributed by atoms with E-state index in [-0.39, 0.29) is 15.5 Å². The fourth-order valence-corrected chi connectivity index (χ4v) is 3.25. The first-order valence-electron chi connectivity index (χ1n) is 5.00. The van der Waals surface area contributed by atoms with Gasteiger partial charge < -0.3 is 5.73 Å². The van der Waals surface area contributed by atoms with Gasteiger partial charge in [-0.2, -0.15) is 0 Å². The van der Waals surface area contributed by atoms with Crippen LogP contribution in [0.25, 0.3) is 0 Å². The summed E-state index contributed by atoms with van der Waals surface area (Å²) in [5.74, 6) is -0.0261. The molecule has 0 atom stereocenters. The molecular formula is C10H15NO4S2. The minimum atomic E-state index is -3.36. The van der Waals surface area contributed by atoms with Crippen molar-refractivity contribution < 1.29 is 16.8 Å². The van der Waals surface area contributed by atoms with Crippen LogP contribution in [0.1, 0.15) is 6.42 Å². The molecule has 7 heteroatoms. The first-order valence-corrected chi connectivity index (χ1v) is 8.55. The summed E-state index contributed by atoms with van der Waals surface area (Å²) in [5.41, 5.74) is 5.25. The number of sulfone groups is 2. The van der Waals surface area contributed by atoms with E-state index in [2.05, 4.69) is 0 Å². The average Bonchev–Trinajstić information content (AvgIpc) is 2.25. The zero-order valence-electron chi connectivity index (χ0n) is 9.46. The predicted molar refractivity (Wildman–Crippen MR) is 65.3 cm³/mol. The number of benzene rings is 1. The van der Waals surface area contributed by atoms with Crippen molar-refractivity contribution in [2.45, 2.75) is 16.2 Å². The first kappa shape index (κ1) is 14.1. The number of rotatable bonds is 5. The molecule has 0 aromatic heterocycles. The minimum Gasteiger partial charge on any atom is -0.330 e. The van der Waals surface area contributed by atoms with E-state index >= 15 is 0 Å². The topological polar surface area (TPSA) is 94.3 Å². The molecule has 1 aromatic carbocycles. The van der Waals surface area contributed by atoms with E-state index < -0.39 is 19.7 Å². The first-order chi connectivity index (χ1) is 7.77. The van der Waals surface area contributed by atoms with Crippen molar-refractivity contribution in [1.82, 2.24) is 0 Å². The Morgan fingerprint density at radius 1 is 1.00 bits per heavy atom. The van der Waals surface area contributed by atoms with E-state index in [4.69, 9.17) is 5.73 Å². The maximum atomic E-state index is 11.7. The van der Waals surface area contributed by atoms with Crippen LogP contribution in [0.5, 0.6) is 0 Å². The molecule has 1 rings (SSSR count). The lowest BCUT2D eigenvalue weighted by Crippen LogP contribution is -2.11. The molecule has 0 fully saturated rings. The third-order valence-electron chi connectivity index (χ3n) is 2.23. The summed E-state index contributed by atoms with van der Waals surface area (Å²) < 4.78 is 45.9. The van der Waals surface area contributed by atoms with Crippen LogP contribution >= 0.6 is 0 Å². The number of hydrogen-bond acceptors (Lipinski definition) is 5. The fourth-order valence-electron chi connectivity index (χ4n) is 1.29. The van der Waals surface area contributed by atoms with Crippen molar-refractivity contribution in [2.24, 2.45) is 5.73 Å². The lowest BCUT2D eigenvalue weighted by Gasteiger charge is -2.04. The van der Waals surface area contributed by atoms with Gasteiger partial charge >= 0.3 is 0 Å². The molecule has 96 valence electrons. The predicted octanol–water partition coefficient (Wildman–Crippen LogP) is 0.213. The SMILES string of the molecule is CS(=O)(=O)c1ccc(S(=O)(=O)CCCN)cc1. The zero-order chi connectivity index (χ0) is 13.1. The summed E-state index contributed by atoms with van der Waals surface area (Å²) in [7, 11) is -6.66. The van der Waals surface area contributed by atoms with Crippen LogP contribution < -0.4 is 5.73 Å². The second-order valence-corrected chi connectivity index (χ2v) is 7.83. The Kier molecular flexibility index (Phi) is 4.29. The van der Waals surface area contributed by atoms with Gasteiger partial charge in [0.05, 0.1) is 15.5 Å². The molecule has 0 bridgehead atoms. The van der Waals surface area contributed by atoms with Crippen LogP contribution in [0.2, 0.25) is 0 Å². The van der Waals surface area contributed by atoms with Gasteiger partial charge in [-0.05, 0) is 37.2 Å². The molecule has 17 heavy (non-hydrogen) atoms. The normalized spacial score (nSPS) is 12.6. The van der Waals surface area contributed by atoms with Gasteiger partial charge in [0.2, 0.25) is 0 Å². The second-order valence-electron chi connectivity index (χ2n) is 3.70. The highest BCUT2D eigenvalue weighted by Gasteiger charge is 2.15. The maximum absolute atomic E-state index is 11.7. The van der Waals surface area contributed by atoms with Gasteiger partial charge in [0.15, 0.2) is 19.7 Å². The van der Waals surface area contributed by atoms with E-state index in [0.29, 0.717) is 13.0 Å². The smallest absolute Gasteiger partial charge is 0.178 e. The van der Waals surface area contributed by atoms with Gasteiger partial charge in [-0.1, -0.05) is 0 Å². The van der Waals surface area contributed by atoms with Gasteiger partial charge in [-0.15, -0.1) is 0 Å². The molecule has 0 heterocycles. The number of hydrogen-bond donors (Lipinski definition) is 1. The summed E-state index contributed by atoms with van der Waals surface area (Å²) in [6, 6.07) is 5.21. The standard InChI is InChI=1S/C10H15NO4S2/c1-16(12,13)9-3-5-10(6-4-9)17(14,15)8-2-7-11/h3-6H,2,7-8,11H2,1H3. The van der Waals surface area contributed by atoms with Crippen LogP contribution in [-0.4, -0.2) is 35.4 Å². The lowest BCUT2D eigenvalue weighted by atomic mass is 10.4. The van der Waals surface area contributed by atoms with E-state index in [1.807, 2.05) is 0 Å². The molecule has 5 nitrogen and oxygen atoms in total. The largest absolute Gasteiger partial charge is 0.330 e. The van der Waals surface area contributed by atoms with Gasteiger partial charge in [-0.3, -0.25) is 0 Å². The minimum absolute atomic E-state index is 0.0261. The lowest BCUT2D eigenvalue weighted by molar-refractivity contribution is 0.592. The Morgan fingerprint density at radius 3 is 1.88 bits per heavy atom. The van der Waals surface area contributed by atoms with Crippen molar-refractivity contribution in [1.29, 1.82) is 0 Å². The third-order valence-corrected chi connectivity index (χ3v) is 5.17. The molecule has 0 saturated carbocycles. The molecule has 0 amide bonds. The summed E-state index contributed by atoms with van der Waals surface area (Å²) in [6.45, 7) is 0.306. The third kappa shape index (κ3) is 3.79. The van der Waals surface area contributed by atoms with E-state index in [1.165, 1.54) is 24.3 Å². The summed E-state index contributed by atoms with van der Waals surface area (Å²) in [5, 5.41) is 0. The number of nitrogens with two attached hydrogens (primary N) is 1. The van der Waals surface area contributed by atoms with E-state index in [1.54, 1.807) is 0 Å². The highest BCUT2D eigenvalue weighted by molar-refractivity contribution is 7.91. The molecule has 0 unspecified atom stereocenters. The molecule has 1 aromatic rings. The molecule has 0 saturated heterocycles. The molecule has 0 radical (unpaired) electrons. The van der Waals surface area contributed by atoms with Crippen LogP contribution in [0.15, 0.2) is 34.1 Å². The molecule has 0 aliphatic rings. The Morgan fingerprint density at radius 2 is 1.47 bits per heavy atom. The average molecular weight is 277 g/mol. The summed E-state index contributed by atoms with van der Waals surface area (Å²) >= 11 is 0. The molecule has 0 spiro atoms. The Bertz CT molecular complexity index is 573. The van der Waals surface area contributed by atoms with Gasteiger partial charge in [0, 0.05) is 6.26 Å². The molecule has 0 aliphatic heterocycles. The van der Waals surface area contributed by atoms with Crippen molar-refractivity contribution in [3.05, 3.63) is 24.3 Å². The molecular weight excluding hydrogens is 262 g/mol. The van der Waals surface area contributed by atoms with E-state index in [0.717, 1.165) is 6.26 Å². The van der Waals surface area contributed by atoms with Crippen molar-refractivity contribution in [2.75, 3.05) is 18.6 Å². The van der Waals surface area contributed by atoms with Crippen molar-refractivity contribution >= 4 is 19.7 Å². The van der Waals surface area contributed by atoms with E-state index in [9.17, 15) is 16.8 Å². The molecule has 2 N–H and O–H groups in total. The summed E-state index contributed by atoms with van der Waals surface area (Å²) in [4.78, 5) is 0.230. The second kappa shape index (κ2) is 5.16. The Hall–Kier alpha value is -0.920. The van der Waals surface area contributed by atoms with Crippen molar-refractivity contribution in [3.63, 3.8) is 0 Å². The summed E-state index contributed by atoms with van der Waals surface area (Å²) in [6.07, 6.45) is 1.46.